The number of aromatic nitrogens is 3. The summed E-state index contributed by atoms with van der Waals surface area (Å²) in [5.74, 6) is 1.43. The predicted octanol–water partition coefficient (Wildman–Crippen LogP) is 2.47. The first-order valence-electron chi connectivity index (χ1n) is 7.72. The molecule has 2 N–H and O–H groups in total. The fourth-order valence-corrected chi connectivity index (χ4v) is 3.11. The first-order chi connectivity index (χ1) is 10.2. The quantitative estimate of drug-likeness (QED) is 0.939. The minimum atomic E-state index is 0.581. The lowest BCUT2D eigenvalue weighted by molar-refractivity contribution is 0.460. The molecular formula is C17H22N4. The van der Waals surface area contributed by atoms with E-state index >= 15 is 0 Å². The van der Waals surface area contributed by atoms with E-state index < -0.39 is 0 Å². The van der Waals surface area contributed by atoms with Gasteiger partial charge in [0.15, 0.2) is 5.82 Å². The van der Waals surface area contributed by atoms with Crippen LogP contribution in [0.25, 0.3) is 11.4 Å². The molecule has 0 radical (unpaired) electrons. The summed E-state index contributed by atoms with van der Waals surface area (Å²) in [6.07, 6.45) is 7.85. The smallest absolute Gasteiger partial charge is 0.160 e. The largest absolute Gasteiger partial charge is 0.330 e. The minimum absolute atomic E-state index is 0.581. The van der Waals surface area contributed by atoms with Crippen molar-refractivity contribution >= 4 is 0 Å². The normalized spacial score (nSPS) is 17.6. The Balaban J connectivity index is 2.05. The standard InChI is InChI=1S/C17H22N4/c1-3-13-10-19-7-6-14(13)17-20-11(2)15-8-12(9-18)4-5-16(15)21-17/h6-7,10,12H,3-5,8-9,18H2,1-2H3. The summed E-state index contributed by atoms with van der Waals surface area (Å²) < 4.78 is 0. The van der Waals surface area contributed by atoms with E-state index in [2.05, 4.69) is 18.8 Å². The van der Waals surface area contributed by atoms with Gasteiger partial charge in [-0.3, -0.25) is 4.98 Å². The van der Waals surface area contributed by atoms with E-state index in [-0.39, 0.29) is 0 Å². The maximum absolute atomic E-state index is 5.82. The Morgan fingerprint density at radius 3 is 2.95 bits per heavy atom. The first kappa shape index (κ1) is 14.1. The summed E-state index contributed by atoms with van der Waals surface area (Å²) in [5.41, 5.74) is 11.8. The predicted molar refractivity (Wildman–Crippen MR) is 83.9 cm³/mol. The van der Waals surface area contributed by atoms with Crippen molar-refractivity contribution in [2.24, 2.45) is 11.7 Å². The van der Waals surface area contributed by atoms with E-state index in [1.54, 1.807) is 0 Å². The molecular weight excluding hydrogens is 260 g/mol. The molecule has 1 aliphatic carbocycles. The van der Waals surface area contributed by atoms with Gasteiger partial charge in [0, 0.05) is 29.3 Å². The fraction of sp³-hybridized carbons (Fsp3) is 0.471. The van der Waals surface area contributed by atoms with Crippen LogP contribution in [0.1, 0.15) is 35.9 Å². The zero-order chi connectivity index (χ0) is 14.8. The number of pyridine rings is 1. The van der Waals surface area contributed by atoms with Gasteiger partial charge in [-0.2, -0.15) is 0 Å². The fourth-order valence-electron chi connectivity index (χ4n) is 3.11. The molecule has 0 saturated carbocycles. The second-order valence-electron chi connectivity index (χ2n) is 5.79. The number of rotatable bonds is 3. The number of hydrogen-bond donors (Lipinski definition) is 1. The van der Waals surface area contributed by atoms with E-state index in [4.69, 9.17) is 15.7 Å². The van der Waals surface area contributed by atoms with Gasteiger partial charge < -0.3 is 5.73 Å². The van der Waals surface area contributed by atoms with Crippen molar-refractivity contribution in [3.63, 3.8) is 0 Å². The lowest BCUT2D eigenvalue weighted by Crippen LogP contribution is -2.24. The molecule has 4 nitrogen and oxygen atoms in total. The summed E-state index contributed by atoms with van der Waals surface area (Å²) in [5, 5.41) is 0. The third-order valence-corrected chi connectivity index (χ3v) is 4.44. The van der Waals surface area contributed by atoms with Crippen LogP contribution in [0.15, 0.2) is 18.5 Å². The molecule has 0 spiro atoms. The van der Waals surface area contributed by atoms with Crippen LogP contribution in [0.3, 0.4) is 0 Å². The van der Waals surface area contributed by atoms with Gasteiger partial charge in [0.1, 0.15) is 0 Å². The highest BCUT2D eigenvalue weighted by Crippen LogP contribution is 2.28. The second kappa shape index (κ2) is 5.90. The van der Waals surface area contributed by atoms with E-state index in [0.717, 1.165) is 49.3 Å². The van der Waals surface area contributed by atoms with E-state index in [9.17, 15) is 0 Å². The molecule has 1 aliphatic rings. The number of nitrogens with zero attached hydrogens (tertiary/aromatic N) is 3. The van der Waals surface area contributed by atoms with E-state index in [0.29, 0.717) is 5.92 Å². The molecule has 0 saturated heterocycles. The molecule has 1 atom stereocenters. The van der Waals surface area contributed by atoms with Gasteiger partial charge in [-0.25, -0.2) is 9.97 Å². The van der Waals surface area contributed by atoms with E-state index in [1.807, 2.05) is 18.5 Å². The van der Waals surface area contributed by atoms with Crippen LogP contribution in [-0.4, -0.2) is 21.5 Å². The van der Waals surface area contributed by atoms with Crippen LogP contribution in [-0.2, 0) is 19.3 Å². The van der Waals surface area contributed by atoms with Crippen molar-refractivity contribution in [2.75, 3.05) is 6.54 Å². The molecule has 2 heterocycles. The highest BCUT2D eigenvalue weighted by Gasteiger charge is 2.22. The topological polar surface area (TPSA) is 64.7 Å². The molecule has 0 aromatic carbocycles. The van der Waals surface area contributed by atoms with Crippen molar-refractivity contribution in [3.05, 3.63) is 41.0 Å². The summed E-state index contributed by atoms with van der Waals surface area (Å²) >= 11 is 0. The highest BCUT2D eigenvalue weighted by atomic mass is 14.9. The van der Waals surface area contributed by atoms with Crippen LogP contribution in [0, 0.1) is 12.8 Å². The molecule has 2 aromatic heterocycles. The van der Waals surface area contributed by atoms with Crippen molar-refractivity contribution < 1.29 is 0 Å². The Morgan fingerprint density at radius 1 is 1.33 bits per heavy atom. The zero-order valence-electron chi connectivity index (χ0n) is 12.8. The van der Waals surface area contributed by atoms with Crippen molar-refractivity contribution in [1.82, 2.24) is 15.0 Å². The molecule has 3 rings (SSSR count). The number of nitrogens with two attached hydrogens (primary N) is 1. The van der Waals surface area contributed by atoms with Crippen LogP contribution in [0.5, 0.6) is 0 Å². The Hall–Kier alpha value is -1.81. The average molecular weight is 282 g/mol. The lowest BCUT2D eigenvalue weighted by Gasteiger charge is -2.24. The number of hydrogen-bond acceptors (Lipinski definition) is 4. The van der Waals surface area contributed by atoms with Crippen LogP contribution >= 0.6 is 0 Å². The summed E-state index contributed by atoms with van der Waals surface area (Å²) in [6, 6.07) is 2.02. The monoisotopic (exact) mass is 282 g/mol. The number of fused-ring (bicyclic) bond motifs is 1. The molecule has 2 aromatic rings. The summed E-state index contributed by atoms with van der Waals surface area (Å²) in [4.78, 5) is 13.8. The van der Waals surface area contributed by atoms with Gasteiger partial charge >= 0.3 is 0 Å². The SMILES string of the molecule is CCc1cnccc1-c1nc(C)c2c(n1)CCC(CN)C2. The molecule has 1 unspecified atom stereocenters. The summed E-state index contributed by atoms with van der Waals surface area (Å²) in [7, 11) is 0. The third-order valence-electron chi connectivity index (χ3n) is 4.44. The Kier molecular flexibility index (Phi) is 3.97. The Morgan fingerprint density at radius 2 is 2.19 bits per heavy atom. The lowest BCUT2D eigenvalue weighted by atomic mass is 9.86. The molecule has 4 heteroatoms. The molecule has 0 aliphatic heterocycles. The minimum Gasteiger partial charge on any atom is -0.330 e. The van der Waals surface area contributed by atoms with Gasteiger partial charge in [-0.05, 0) is 62.3 Å². The maximum Gasteiger partial charge on any atom is 0.160 e. The van der Waals surface area contributed by atoms with Gasteiger partial charge in [0.2, 0.25) is 0 Å². The van der Waals surface area contributed by atoms with Gasteiger partial charge in [0.25, 0.3) is 0 Å². The van der Waals surface area contributed by atoms with Gasteiger partial charge in [-0.1, -0.05) is 6.92 Å². The van der Waals surface area contributed by atoms with Crippen molar-refractivity contribution in [2.45, 2.75) is 39.5 Å². The zero-order valence-corrected chi connectivity index (χ0v) is 12.8. The van der Waals surface area contributed by atoms with Crippen LogP contribution in [0.4, 0.5) is 0 Å². The van der Waals surface area contributed by atoms with Crippen molar-refractivity contribution in [3.8, 4) is 11.4 Å². The summed E-state index contributed by atoms with van der Waals surface area (Å²) in [6.45, 7) is 4.98. The Bertz CT molecular complexity index is 651. The first-order valence-corrected chi connectivity index (χ1v) is 7.72. The van der Waals surface area contributed by atoms with Crippen LogP contribution < -0.4 is 5.73 Å². The second-order valence-corrected chi connectivity index (χ2v) is 5.79. The molecule has 0 amide bonds. The van der Waals surface area contributed by atoms with Gasteiger partial charge in [-0.15, -0.1) is 0 Å². The van der Waals surface area contributed by atoms with Gasteiger partial charge in [0.05, 0.1) is 0 Å². The molecule has 21 heavy (non-hydrogen) atoms. The molecule has 0 bridgehead atoms. The highest BCUT2D eigenvalue weighted by molar-refractivity contribution is 5.60. The average Bonchev–Trinajstić information content (AvgIpc) is 2.54. The van der Waals surface area contributed by atoms with E-state index in [1.165, 1.54) is 16.8 Å². The number of aryl methyl sites for hydroxylation is 3. The maximum atomic E-state index is 5.82. The molecule has 110 valence electrons. The van der Waals surface area contributed by atoms with Crippen LogP contribution in [0.2, 0.25) is 0 Å². The molecule has 0 fully saturated rings. The Labute approximate surface area is 125 Å². The van der Waals surface area contributed by atoms with Crippen molar-refractivity contribution in [1.29, 1.82) is 0 Å². The third kappa shape index (κ3) is 2.68.